The van der Waals surface area contributed by atoms with E-state index in [1.165, 1.54) is 14.2 Å². The molecule has 324 valence electrons. The molecule has 0 spiro atoms. The van der Waals surface area contributed by atoms with Crippen LogP contribution in [0.25, 0.3) is 55.1 Å². The Morgan fingerprint density at radius 2 is 1.34 bits per heavy atom. The van der Waals surface area contributed by atoms with Gasteiger partial charge in [-0.15, -0.1) is 0 Å². The number of aromatic amines is 2. The molecule has 8 rings (SSSR count). The summed E-state index contributed by atoms with van der Waals surface area (Å²) in [5.41, 5.74) is 7.07. The summed E-state index contributed by atoms with van der Waals surface area (Å²) in [6.07, 6.45) is 4.86. The number of nitrogens with one attached hydrogen (secondary N) is 5. The molecule has 1 aliphatic carbocycles. The first-order valence-electron chi connectivity index (χ1n) is 21.7. The predicted molar refractivity (Wildman–Crippen MR) is 239 cm³/mol. The van der Waals surface area contributed by atoms with Crippen LogP contribution in [0.4, 0.5) is 9.59 Å². The summed E-state index contributed by atoms with van der Waals surface area (Å²) in [4.78, 5) is 70.5. The van der Waals surface area contributed by atoms with E-state index in [4.69, 9.17) is 19.4 Å². The van der Waals surface area contributed by atoms with Gasteiger partial charge >= 0.3 is 12.2 Å². The van der Waals surface area contributed by atoms with Gasteiger partial charge < -0.3 is 40.3 Å². The van der Waals surface area contributed by atoms with Crippen LogP contribution in [0, 0.1) is 11.8 Å². The maximum absolute atomic E-state index is 13.7. The number of hydrogen-bond donors (Lipinski definition) is 5. The lowest BCUT2D eigenvalue weighted by atomic mass is 9.80. The van der Waals surface area contributed by atoms with Gasteiger partial charge in [-0.2, -0.15) is 0 Å². The molecule has 1 saturated carbocycles. The SMILES string of the molecule is COC(=O)N[C@H](C(=O)NC1(c2nc3c(ccc4cc(-c5ccc(-c6ccc7nc([C@@H]8CCCN8C(=O)[C@@H](NC(=O)OC)C(C)C)[nH]c7c6)cc5)ccc43)[nH]2)CCCCC1)C(C)C. The minimum absolute atomic E-state index is 0.109. The van der Waals surface area contributed by atoms with E-state index >= 15 is 0 Å². The van der Waals surface area contributed by atoms with Gasteiger partial charge in [0.2, 0.25) is 11.8 Å². The molecule has 5 N–H and O–H groups in total. The fourth-order valence-electron chi connectivity index (χ4n) is 9.23. The highest BCUT2D eigenvalue weighted by molar-refractivity contribution is 6.05. The van der Waals surface area contributed by atoms with Gasteiger partial charge in [0.05, 0.1) is 47.9 Å². The Balaban J connectivity index is 1.01. The van der Waals surface area contributed by atoms with Crippen LogP contribution < -0.4 is 16.0 Å². The normalized spacial score (nSPS) is 17.4. The van der Waals surface area contributed by atoms with E-state index in [0.717, 1.165) is 112 Å². The summed E-state index contributed by atoms with van der Waals surface area (Å²) in [5, 5.41) is 10.8. The van der Waals surface area contributed by atoms with Crippen molar-refractivity contribution in [2.24, 2.45) is 11.8 Å². The Bertz CT molecular complexity index is 2630. The molecule has 2 aromatic heterocycles. The van der Waals surface area contributed by atoms with E-state index in [1.54, 1.807) is 0 Å². The Hall–Kier alpha value is -6.44. The largest absolute Gasteiger partial charge is 0.453 e. The number of nitrogens with zero attached hydrogens (tertiary/aromatic N) is 3. The lowest BCUT2D eigenvalue weighted by Crippen LogP contribution is -2.56. The second kappa shape index (κ2) is 17.5. The monoisotopic (exact) mass is 840 g/mol. The summed E-state index contributed by atoms with van der Waals surface area (Å²) in [6, 6.07) is 23.6. The number of carbonyl (C=O) groups excluding carboxylic acids is 4. The summed E-state index contributed by atoms with van der Waals surface area (Å²) >= 11 is 0. The molecule has 2 aliphatic rings. The molecule has 4 aromatic carbocycles. The zero-order valence-corrected chi connectivity index (χ0v) is 36.3. The first kappa shape index (κ1) is 42.3. The number of hydrogen-bond acceptors (Lipinski definition) is 8. The molecule has 0 unspecified atom stereocenters. The highest BCUT2D eigenvalue weighted by atomic mass is 16.5. The Morgan fingerprint density at radius 3 is 2.00 bits per heavy atom. The molecule has 6 aromatic rings. The highest BCUT2D eigenvalue weighted by Crippen LogP contribution is 2.39. The number of amides is 4. The van der Waals surface area contributed by atoms with E-state index in [9.17, 15) is 19.2 Å². The molecule has 1 aliphatic heterocycles. The molecular formula is C48H56N8O6. The quantitative estimate of drug-likeness (QED) is 0.0859. The molecular weight excluding hydrogens is 785 g/mol. The fraction of sp³-hybridized carbons (Fsp3) is 0.417. The van der Waals surface area contributed by atoms with Crippen molar-refractivity contribution in [1.29, 1.82) is 0 Å². The summed E-state index contributed by atoms with van der Waals surface area (Å²) < 4.78 is 9.59. The van der Waals surface area contributed by atoms with Crippen molar-refractivity contribution >= 4 is 56.8 Å². The van der Waals surface area contributed by atoms with Crippen LogP contribution in [-0.2, 0) is 24.6 Å². The van der Waals surface area contributed by atoms with Crippen LogP contribution in [0.15, 0.2) is 72.8 Å². The molecule has 2 fully saturated rings. The number of ether oxygens (including phenoxy) is 2. The van der Waals surface area contributed by atoms with Gasteiger partial charge in [-0.3, -0.25) is 9.59 Å². The highest BCUT2D eigenvalue weighted by Gasteiger charge is 2.41. The lowest BCUT2D eigenvalue weighted by molar-refractivity contribution is -0.135. The third-order valence-electron chi connectivity index (χ3n) is 12.7. The zero-order valence-electron chi connectivity index (χ0n) is 36.3. The number of carbonyl (C=O) groups is 4. The Morgan fingerprint density at radius 1 is 0.710 bits per heavy atom. The van der Waals surface area contributed by atoms with E-state index in [0.29, 0.717) is 6.54 Å². The zero-order chi connectivity index (χ0) is 43.7. The van der Waals surface area contributed by atoms with Crippen LogP contribution in [-0.4, -0.2) is 81.7 Å². The molecule has 0 radical (unpaired) electrons. The third-order valence-corrected chi connectivity index (χ3v) is 12.7. The average Bonchev–Trinajstić information content (AvgIpc) is 4.06. The maximum atomic E-state index is 13.7. The average molecular weight is 841 g/mol. The summed E-state index contributed by atoms with van der Waals surface area (Å²) in [5.74, 6) is 0.836. The smallest absolute Gasteiger partial charge is 0.407 e. The van der Waals surface area contributed by atoms with Crippen LogP contribution in [0.5, 0.6) is 0 Å². The van der Waals surface area contributed by atoms with Gasteiger partial charge in [-0.1, -0.05) is 95.5 Å². The van der Waals surface area contributed by atoms with Crippen molar-refractivity contribution in [2.75, 3.05) is 20.8 Å². The Kier molecular flexibility index (Phi) is 11.9. The molecule has 14 heteroatoms. The van der Waals surface area contributed by atoms with Crippen LogP contribution >= 0.6 is 0 Å². The van der Waals surface area contributed by atoms with E-state index in [1.807, 2.05) is 38.7 Å². The molecule has 3 atom stereocenters. The number of methoxy groups -OCH3 is 2. The van der Waals surface area contributed by atoms with Gasteiger partial charge in [0.1, 0.15) is 23.7 Å². The van der Waals surface area contributed by atoms with Crippen molar-refractivity contribution in [2.45, 2.75) is 96.3 Å². The van der Waals surface area contributed by atoms with Gasteiger partial charge in [0.15, 0.2) is 0 Å². The standard InChI is InChI=1S/C48H56N8O6/c1-27(2)39(53-46(59)61-5)43(57)55-48(22-8-7-9-23-48)45-51-36-21-18-33-25-31(16-19-34(33)41(36)52-45)29-12-14-30(15-13-29)32-17-20-35-37(26-32)50-42(49-35)38-11-10-24-56(38)44(58)40(28(3)4)54-47(60)62-6/h12-21,25-28,38-40H,7-11,22-24H2,1-6H3,(H,49,50)(H,51,52)(H,53,59)(H,54,60)(H,55,57)/t38-,39-,40-/m0/s1. The summed E-state index contributed by atoms with van der Waals surface area (Å²) in [7, 11) is 2.59. The van der Waals surface area contributed by atoms with Gasteiger partial charge in [0, 0.05) is 11.9 Å². The number of aromatic nitrogens is 4. The van der Waals surface area contributed by atoms with Crippen molar-refractivity contribution < 1.29 is 28.7 Å². The number of rotatable bonds is 11. The van der Waals surface area contributed by atoms with Crippen LogP contribution in [0.3, 0.4) is 0 Å². The van der Waals surface area contributed by atoms with E-state index in [-0.39, 0.29) is 29.7 Å². The number of likely N-dealkylation sites (tertiary alicyclic amines) is 1. The molecule has 4 amide bonds. The molecule has 3 heterocycles. The maximum Gasteiger partial charge on any atom is 0.407 e. The van der Waals surface area contributed by atoms with Gasteiger partial charge in [-0.25, -0.2) is 19.6 Å². The van der Waals surface area contributed by atoms with E-state index < -0.39 is 29.8 Å². The molecule has 0 bridgehead atoms. The second-order valence-electron chi connectivity index (χ2n) is 17.5. The second-order valence-corrected chi connectivity index (χ2v) is 17.5. The molecule has 62 heavy (non-hydrogen) atoms. The fourth-order valence-corrected chi connectivity index (χ4v) is 9.23. The van der Waals surface area contributed by atoms with Gasteiger partial charge in [0.25, 0.3) is 0 Å². The predicted octanol–water partition coefficient (Wildman–Crippen LogP) is 8.63. The van der Waals surface area contributed by atoms with Crippen LogP contribution in [0.2, 0.25) is 0 Å². The number of H-pyrrole nitrogens is 2. The van der Waals surface area contributed by atoms with E-state index in [2.05, 4.69) is 92.6 Å². The summed E-state index contributed by atoms with van der Waals surface area (Å²) in [6.45, 7) is 8.21. The minimum Gasteiger partial charge on any atom is -0.453 e. The van der Waals surface area contributed by atoms with Crippen molar-refractivity contribution in [1.82, 2.24) is 40.8 Å². The minimum atomic E-state index is -0.746. The number of fused-ring (bicyclic) bond motifs is 4. The topological polar surface area (TPSA) is 183 Å². The first-order valence-corrected chi connectivity index (χ1v) is 21.7. The lowest BCUT2D eigenvalue weighted by Gasteiger charge is -2.38. The number of alkyl carbamates (subject to hydrolysis) is 2. The molecule has 1 saturated heterocycles. The van der Waals surface area contributed by atoms with Crippen molar-refractivity contribution in [3.8, 4) is 22.3 Å². The first-order chi connectivity index (χ1) is 29.9. The van der Waals surface area contributed by atoms with Gasteiger partial charge in [-0.05, 0) is 89.4 Å². The van der Waals surface area contributed by atoms with Crippen molar-refractivity contribution in [3.05, 3.63) is 84.4 Å². The third kappa shape index (κ3) is 8.29. The number of benzene rings is 4. The van der Waals surface area contributed by atoms with Crippen LogP contribution in [0.1, 0.15) is 90.3 Å². The van der Waals surface area contributed by atoms with Crippen molar-refractivity contribution in [3.63, 3.8) is 0 Å². The Labute approximate surface area is 360 Å². The molecule has 14 nitrogen and oxygen atoms in total. The number of imidazole rings is 2.